The molecule has 382 valence electrons. The molecule has 3 saturated heterocycles. The van der Waals surface area contributed by atoms with Gasteiger partial charge in [0.15, 0.2) is 0 Å². The third-order valence-corrected chi connectivity index (χ3v) is 16.6. The molecule has 22 heteroatoms. The number of pyridine rings is 1. The predicted molar refractivity (Wildman–Crippen MR) is 260 cm³/mol. The van der Waals surface area contributed by atoms with E-state index in [0.29, 0.717) is 48.2 Å². The van der Waals surface area contributed by atoms with E-state index in [2.05, 4.69) is 68.3 Å². The molecular weight excluding hydrogens is 964 g/mol. The van der Waals surface area contributed by atoms with Crippen molar-refractivity contribution < 1.29 is 44.8 Å². The van der Waals surface area contributed by atoms with Gasteiger partial charge in [-0.05, 0) is 98.6 Å². The average Bonchev–Trinajstić information content (AvgIpc) is 4.13. The van der Waals surface area contributed by atoms with Gasteiger partial charge in [0.1, 0.15) is 44.7 Å². The minimum Gasteiger partial charge on any atom is -0.455 e. The monoisotopic (exact) mass is 1020 g/mol. The lowest BCUT2D eigenvalue weighted by molar-refractivity contribution is -0.384. The molecule has 10 rings (SSSR count). The Morgan fingerprint density at radius 3 is 2.47 bits per heavy atom. The Morgan fingerprint density at radius 2 is 1.75 bits per heavy atom. The third kappa shape index (κ3) is 9.79. The Labute approximate surface area is 411 Å². The number of sulfonamides is 1. The number of piperidine rings is 2. The van der Waals surface area contributed by atoms with Crippen molar-refractivity contribution in [3.63, 3.8) is 0 Å². The van der Waals surface area contributed by atoms with Crippen LogP contribution in [0.15, 0.2) is 78.2 Å². The SMILES string of the molecule is CC(C)c1ccccc1[C@@H]1CCCN1C1CC2(CCN(c3cc(Oc4cnc5[nH]ccc5c4)c(C(=O)NS(=O)(=O)c4cc([N+](=O)[O-])c(NCC5(F)CCN(CC(F)(F)F)CC5)c5[nH]cnc45)cc3F)CC2)C1. The van der Waals surface area contributed by atoms with Crippen LogP contribution in [0.2, 0.25) is 0 Å². The Kier molecular flexibility index (Phi) is 12.9. The number of fused-ring (bicyclic) bond motifs is 2. The van der Waals surface area contributed by atoms with Crippen LogP contribution in [0.25, 0.3) is 22.1 Å². The van der Waals surface area contributed by atoms with Crippen molar-refractivity contribution in [1.82, 2.24) is 34.5 Å². The molecule has 3 aromatic carbocycles. The maximum atomic E-state index is 16.5. The van der Waals surface area contributed by atoms with Crippen LogP contribution in [0, 0.1) is 21.3 Å². The summed E-state index contributed by atoms with van der Waals surface area (Å²) < 4.78 is 108. The summed E-state index contributed by atoms with van der Waals surface area (Å²) in [5.74, 6) is -1.69. The summed E-state index contributed by atoms with van der Waals surface area (Å²) in [4.78, 5) is 44.7. The Morgan fingerprint density at radius 1 is 1.00 bits per heavy atom. The van der Waals surface area contributed by atoms with E-state index in [-0.39, 0.29) is 65.3 Å². The van der Waals surface area contributed by atoms with Crippen LogP contribution in [0.1, 0.15) is 98.7 Å². The molecule has 4 N–H and O–H groups in total. The topological polar surface area (TPSA) is 195 Å². The predicted octanol–water partition coefficient (Wildman–Crippen LogP) is 9.89. The molecule has 1 amide bonds. The van der Waals surface area contributed by atoms with Crippen molar-refractivity contribution >= 4 is 55.1 Å². The number of likely N-dealkylation sites (tertiary alicyclic amines) is 2. The van der Waals surface area contributed by atoms with E-state index in [1.807, 2.05) is 9.62 Å². The standard InChI is InChI=1S/C50H55F5N10O6S/c1-30(2)34-6-3-4-7-35(34)38-8-5-15-64(38)32-24-48(25-32)10-18-63(19-11-48)39-22-41(71-33-20-31-9-14-56-46(31)57-26-33)36(21-37(39)51)47(66)61-72(69,70)42-23-40(65(67)68)43(45-44(42)59-29-60-45)58-27-49(52)12-16-62(17-13-49)28-50(53,54)55/h3-4,6-7,9,14,20-23,26,29-30,32,38,58H,5,8,10-13,15-19,24-25,27-28H2,1-2H3,(H,56,57)(H,59,60)(H,61,66)/t38-/m0/s1. The zero-order chi connectivity index (χ0) is 50.7. The fourth-order valence-corrected chi connectivity index (χ4v) is 12.6. The van der Waals surface area contributed by atoms with E-state index in [0.717, 1.165) is 62.4 Å². The lowest BCUT2D eigenvalue weighted by Gasteiger charge is -2.56. The summed E-state index contributed by atoms with van der Waals surface area (Å²) in [7, 11) is -5.04. The maximum Gasteiger partial charge on any atom is 0.401 e. The number of halogens is 5. The molecule has 4 fully saturated rings. The highest BCUT2D eigenvalue weighted by Gasteiger charge is 2.50. The Balaban J connectivity index is 0.876. The Bertz CT molecular complexity index is 3140. The number of H-pyrrole nitrogens is 2. The Hall–Kier alpha value is -6.39. The van der Waals surface area contributed by atoms with Crippen molar-refractivity contribution in [3.8, 4) is 11.5 Å². The molecule has 3 aliphatic heterocycles. The van der Waals surface area contributed by atoms with Gasteiger partial charge in [0.2, 0.25) is 0 Å². The normalized spacial score (nSPS) is 19.8. The van der Waals surface area contributed by atoms with Gasteiger partial charge >= 0.3 is 6.18 Å². The summed E-state index contributed by atoms with van der Waals surface area (Å²) in [5.41, 5.74) is -0.595. The van der Waals surface area contributed by atoms with E-state index >= 15 is 8.78 Å². The van der Waals surface area contributed by atoms with Gasteiger partial charge < -0.3 is 24.9 Å². The average molecular weight is 1020 g/mol. The van der Waals surface area contributed by atoms with Gasteiger partial charge in [-0.25, -0.2) is 31.9 Å². The van der Waals surface area contributed by atoms with Gasteiger partial charge in [-0.2, -0.15) is 13.2 Å². The highest BCUT2D eigenvalue weighted by atomic mass is 32.2. The number of carbonyl (C=O) groups excluding carboxylic acids is 1. The van der Waals surface area contributed by atoms with E-state index in [1.165, 1.54) is 23.4 Å². The number of anilines is 2. The smallest absolute Gasteiger partial charge is 0.401 e. The lowest BCUT2D eigenvalue weighted by Crippen LogP contribution is -2.55. The second-order valence-corrected chi connectivity index (χ2v) is 21.9. The van der Waals surface area contributed by atoms with Crippen LogP contribution in [-0.2, 0) is 10.0 Å². The molecule has 72 heavy (non-hydrogen) atoms. The summed E-state index contributed by atoms with van der Waals surface area (Å²) in [6.45, 7) is 4.46. The molecule has 1 aliphatic carbocycles. The largest absolute Gasteiger partial charge is 0.455 e. The number of nitrogens with zero attached hydrogens (tertiary/aromatic N) is 6. The molecular formula is C50H55F5N10O6S. The fourth-order valence-electron chi connectivity index (χ4n) is 11.5. The number of aromatic nitrogens is 4. The zero-order valence-corrected chi connectivity index (χ0v) is 40.5. The van der Waals surface area contributed by atoms with E-state index in [1.54, 1.807) is 18.3 Å². The van der Waals surface area contributed by atoms with Crippen LogP contribution in [0.4, 0.5) is 39.0 Å². The first-order valence-corrected chi connectivity index (χ1v) is 25.7. The van der Waals surface area contributed by atoms with Gasteiger partial charge in [0.05, 0.1) is 40.8 Å². The molecule has 0 bridgehead atoms. The molecule has 1 saturated carbocycles. The first-order valence-electron chi connectivity index (χ1n) is 24.3. The van der Waals surface area contributed by atoms with Crippen molar-refractivity contribution in [2.24, 2.45) is 5.41 Å². The summed E-state index contributed by atoms with van der Waals surface area (Å²) >= 11 is 0. The first kappa shape index (κ1) is 49.2. The summed E-state index contributed by atoms with van der Waals surface area (Å²) in [6, 6.07) is 16.0. The van der Waals surface area contributed by atoms with E-state index in [9.17, 15) is 36.5 Å². The van der Waals surface area contributed by atoms with Crippen molar-refractivity contribution in [2.45, 2.75) is 100.0 Å². The number of hydrogen-bond donors (Lipinski definition) is 4. The second-order valence-electron chi connectivity index (χ2n) is 20.2. The number of nitro groups is 1. The van der Waals surface area contributed by atoms with E-state index in [4.69, 9.17) is 4.74 Å². The highest BCUT2D eigenvalue weighted by Crippen LogP contribution is 2.54. The van der Waals surface area contributed by atoms with Gasteiger partial charge in [0, 0.05) is 68.5 Å². The third-order valence-electron chi connectivity index (χ3n) is 15.2. The molecule has 6 heterocycles. The molecule has 16 nitrogen and oxygen atoms in total. The van der Waals surface area contributed by atoms with Crippen LogP contribution in [0.3, 0.4) is 0 Å². The maximum absolute atomic E-state index is 16.5. The number of nitro benzene ring substituents is 1. The number of aromatic amines is 2. The van der Waals surface area contributed by atoms with Crippen LogP contribution >= 0.6 is 0 Å². The van der Waals surface area contributed by atoms with E-state index < -0.39 is 67.8 Å². The van der Waals surface area contributed by atoms with Gasteiger partial charge in [-0.3, -0.25) is 24.7 Å². The van der Waals surface area contributed by atoms with Crippen LogP contribution in [-0.4, -0.2) is 113 Å². The molecule has 0 radical (unpaired) electrons. The molecule has 1 spiro atoms. The van der Waals surface area contributed by atoms with Crippen molar-refractivity contribution in [1.29, 1.82) is 0 Å². The first-order chi connectivity index (χ1) is 34.3. The fraction of sp³-hybridized carbons (Fsp3) is 0.460. The molecule has 3 aromatic heterocycles. The summed E-state index contributed by atoms with van der Waals surface area (Å²) in [5, 5.41) is 15.8. The van der Waals surface area contributed by atoms with Crippen molar-refractivity contribution in [2.75, 3.05) is 56.0 Å². The molecule has 1 atom stereocenters. The number of ether oxygens (including phenoxy) is 1. The second kappa shape index (κ2) is 18.9. The minimum absolute atomic E-state index is 0.117. The number of nitrogens with one attached hydrogen (secondary N) is 4. The number of hydrogen-bond acceptors (Lipinski definition) is 12. The number of carbonyl (C=O) groups is 1. The summed E-state index contributed by atoms with van der Waals surface area (Å²) in [6.07, 6.45) is 5.13. The number of amides is 1. The van der Waals surface area contributed by atoms with Gasteiger partial charge in [0.25, 0.3) is 21.6 Å². The minimum atomic E-state index is -5.04. The number of imidazole rings is 1. The molecule has 6 aromatic rings. The lowest BCUT2D eigenvalue weighted by atomic mass is 9.59. The number of benzene rings is 3. The van der Waals surface area contributed by atoms with Gasteiger partial charge in [-0.15, -0.1) is 0 Å². The van der Waals surface area contributed by atoms with Crippen LogP contribution in [0.5, 0.6) is 11.5 Å². The highest BCUT2D eigenvalue weighted by molar-refractivity contribution is 7.90. The van der Waals surface area contributed by atoms with Crippen molar-refractivity contribution in [3.05, 3.63) is 106 Å². The number of alkyl halides is 4. The quantitative estimate of drug-likeness (QED) is 0.0459. The zero-order valence-electron chi connectivity index (χ0n) is 39.7. The number of rotatable bonds is 14. The van der Waals surface area contributed by atoms with Crippen LogP contribution < -0.4 is 19.7 Å². The molecule has 0 unspecified atom stereocenters. The molecule has 4 aliphatic rings. The van der Waals surface area contributed by atoms with Gasteiger partial charge in [-0.1, -0.05) is 38.1 Å².